The van der Waals surface area contributed by atoms with Crippen molar-refractivity contribution in [3.05, 3.63) is 67.9 Å². The van der Waals surface area contributed by atoms with Gasteiger partial charge in [0.1, 0.15) is 12.4 Å². The van der Waals surface area contributed by atoms with Gasteiger partial charge in [-0.05, 0) is 23.8 Å². The molecule has 0 N–H and O–H groups in total. The van der Waals surface area contributed by atoms with Crippen LogP contribution in [0.25, 0.3) is 0 Å². The zero-order valence-electron chi connectivity index (χ0n) is 10.3. The van der Waals surface area contributed by atoms with Crippen LogP contribution in [0.4, 0.5) is 18.9 Å². The number of ether oxygens (including phenoxy) is 1. The zero-order valence-corrected chi connectivity index (χ0v) is 11.9. The molecule has 0 aliphatic heterocycles. The van der Waals surface area contributed by atoms with Gasteiger partial charge in [-0.25, -0.2) is 8.78 Å². The molecular formula is C13H7BrF3NO3. The molecule has 0 aromatic heterocycles. The third kappa shape index (κ3) is 3.72. The van der Waals surface area contributed by atoms with Gasteiger partial charge in [-0.15, -0.1) is 0 Å². The van der Waals surface area contributed by atoms with Crippen LogP contribution in [0.1, 0.15) is 5.56 Å². The highest BCUT2D eigenvalue weighted by molar-refractivity contribution is 9.10. The van der Waals surface area contributed by atoms with E-state index in [1.54, 1.807) is 6.07 Å². The van der Waals surface area contributed by atoms with E-state index >= 15 is 0 Å². The summed E-state index contributed by atoms with van der Waals surface area (Å²) in [7, 11) is 0. The molecule has 2 aromatic rings. The summed E-state index contributed by atoms with van der Waals surface area (Å²) in [5.41, 5.74) is -0.589. The van der Waals surface area contributed by atoms with Crippen molar-refractivity contribution in [1.82, 2.24) is 0 Å². The lowest BCUT2D eigenvalue weighted by Crippen LogP contribution is -2.01. The van der Waals surface area contributed by atoms with Crippen LogP contribution in [0.15, 0.2) is 34.8 Å². The molecule has 8 heteroatoms. The van der Waals surface area contributed by atoms with Crippen molar-refractivity contribution in [3.8, 4) is 5.75 Å². The summed E-state index contributed by atoms with van der Waals surface area (Å²) in [5, 5.41) is 10.5. The fourth-order valence-electron chi connectivity index (χ4n) is 1.62. The summed E-state index contributed by atoms with van der Waals surface area (Å²) < 4.78 is 45.6. The molecule has 2 aromatic carbocycles. The van der Waals surface area contributed by atoms with Gasteiger partial charge in [-0.2, -0.15) is 4.39 Å². The highest BCUT2D eigenvalue weighted by Crippen LogP contribution is 2.27. The van der Waals surface area contributed by atoms with E-state index in [9.17, 15) is 23.3 Å². The first-order valence-corrected chi connectivity index (χ1v) is 6.37. The minimum absolute atomic E-state index is 0.218. The highest BCUT2D eigenvalue weighted by Gasteiger charge is 2.19. The first kappa shape index (κ1) is 15.3. The predicted molar refractivity (Wildman–Crippen MR) is 71.4 cm³/mol. The molecule has 0 aliphatic rings. The van der Waals surface area contributed by atoms with Gasteiger partial charge in [-0.1, -0.05) is 15.9 Å². The van der Waals surface area contributed by atoms with Gasteiger partial charge in [0, 0.05) is 10.5 Å². The number of hydrogen-bond donors (Lipinski definition) is 0. The molecular weight excluding hydrogens is 355 g/mol. The number of halogens is 4. The average molecular weight is 362 g/mol. The fraction of sp³-hybridized carbons (Fsp3) is 0.0769. The molecule has 21 heavy (non-hydrogen) atoms. The Balaban J connectivity index is 2.20. The van der Waals surface area contributed by atoms with Crippen LogP contribution in [0.3, 0.4) is 0 Å². The van der Waals surface area contributed by atoms with Crippen molar-refractivity contribution >= 4 is 21.6 Å². The second-order valence-electron chi connectivity index (χ2n) is 4.06. The summed E-state index contributed by atoms with van der Waals surface area (Å²) >= 11 is 3.09. The average Bonchev–Trinajstić information content (AvgIpc) is 2.38. The lowest BCUT2D eigenvalue weighted by atomic mass is 10.2. The molecule has 0 fully saturated rings. The molecule has 0 atom stereocenters. The number of rotatable bonds is 4. The first-order chi connectivity index (χ1) is 9.86. The summed E-state index contributed by atoms with van der Waals surface area (Å²) in [6.07, 6.45) is 0. The Hall–Kier alpha value is -2.09. The molecule has 0 radical (unpaired) electrons. The highest BCUT2D eigenvalue weighted by atomic mass is 79.9. The molecule has 0 heterocycles. The van der Waals surface area contributed by atoms with Gasteiger partial charge in [-0.3, -0.25) is 10.1 Å². The van der Waals surface area contributed by atoms with Gasteiger partial charge in [0.25, 0.3) is 0 Å². The zero-order chi connectivity index (χ0) is 15.6. The lowest BCUT2D eigenvalue weighted by Gasteiger charge is -2.08. The van der Waals surface area contributed by atoms with Crippen LogP contribution in [0.2, 0.25) is 0 Å². The summed E-state index contributed by atoms with van der Waals surface area (Å²) in [4.78, 5) is 9.41. The molecule has 0 amide bonds. The van der Waals surface area contributed by atoms with Gasteiger partial charge in [0.15, 0.2) is 11.6 Å². The van der Waals surface area contributed by atoms with Crippen molar-refractivity contribution in [2.75, 3.05) is 0 Å². The van der Waals surface area contributed by atoms with Crippen molar-refractivity contribution in [1.29, 1.82) is 0 Å². The Labute approximate surface area is 125 Å². The van der Waals surface area contributed by atoms with Gasteiger partial charge >= 0.3 is 5.69 Å². The Kier molecular flexibility index (Phi) is 4.46. The number of nitro groups is 1. The van der Waals surface area contributed by atoms with E-state index in [0.29, 0.717) is 22.2 Å². The molecule has 0 unspecified atom stereocenters. The lowest BCUT2D eigenvalue weighted by molar-refractivity contribution is -0.387. The minimum atomic E-state index is -1.21. The minimum Gasteiger partial charge on any atom is -0.486 e. The quantitative estimate of drug-likeness (QED) is 0.600. The third-order valence-corrected chi connectivity index (χ3v) is 2.97. The topological polar surface area (TPSA) is 52.4 Å². The Morgan fingerprint density at radius 3 is 2.43 bits per heavy atom. The molecule has 0 saturated carbocycles. The number of nitrogens with zero attached hydrogens (tertiary/aromatic N) is 1. The van der Waals surface area contributed by atoms with E-state index in [1.807, 2.05) is 0 Å². The van der Waals surface area contributed by atoms with Crippen molar-refractivity contribution in [3.63, 3.8) is 0 Å². The summed E-state index contributed by atoms with van der Waals surface area (Å²) in [6, 6.07) is 4.97. The maximum absolute atomic E-state index is 13.6. The molecule has 110 valence electrons. The van der Waals surface area contributed by atoms with Crippen LogP contribution >= 0.6 is 15.9 Å². The van der Waals surface area contributed by atoms with Crippen LogP contribution in [-0.2, 0) is 6.61 Å². The molecule has 0 spiro atoms. The Bertz CT molecular complexity index is 689. The number of hydrogen-bond acceptors (Lipinski definition) is 3. The van der Waals surface area contributed by atoms with Crippen molar-refractivity contribution < 1.29 is 22.8 Å². The van der Waals surface area contributed by atoms with Gasteiger partial charge < -0.3 is 4.74 Å². The normalized spacial score (nSPS) is 10.5. The van der Waals surface area contributed by atoms with Crippen LogP contribution in [0.5, 0.6) is 5.75 Å². The van der Waals surface area contributed by atoms with Crippen LogP contribution < -0.4 is 4.74 Å². The monoisotopic (exact) mass is 361 g/mol. The molecule has 0 bridgehead atoms. The summed E-state index contributed by atoms with van der Waals surface area (Å²) in [5.74, 6) is -3.28. The van der Waals surface area contributed by atoms with E-state index in [2.05, 4.69) is 15.9 Å². The Morgan fingerprint density at radius 1 is 1.10 bits per heavy atom. The van der Waals surface area contributed by atoms with Crippen LogP contribution in [0, 0.1) is 27.6 Å². The van der Waals surface area contributed by atoms with E-state index in [4.69, 9.17) is 4.74 Å². The molecule has 0 aliphatic carbocycles. The van der Waals surface area contributed by atoms with E-state index < -0.39 is 33.8 Å². The summed E-state index contributed by atoms with van der Waals surface area (Å²) in [6.45, 7) is -0.218. The molecule has 0 saturated heterocycles. The van der Waals surface area contributed by atoms with Gasteiger partial charge in [0.05, 0.1) is 11.0 Å². The second kappa shape index (κ2) is 6.13. The fourth-order valence-corrected chi connectivity index (χ4v) is 2.14. The maximum Gasteiger partial charge on any atom is 0.307 e. The number of benzene rings is 2. The van der Waals surface area contributed by atoms with Gasteiger partial charge in [0.2, 0.25) is 5.82 Å². The standard InChI is InChI=1S/C13H7BrF3NO3/c14-8-1-7(2-9(15)3-8)6-21-13-5-10(16)12(18(19)20)4-11(13)17/h1-5H,6H2. The SMILES string of the molecule is O=[N+]([O-])c1cc(F)c(OCc2cc(F)cc(Br)c2)cc1F. The largest absolute Gasteiger partial charge is 0.486 e. The second-order valence-corrected chi connectivity index (χ2v) is 4.97. The van der Waals surface area contributed by atoms with Crippen molar-refractivity contribution in [2.45, 2.75) is 6.61 Å². The van der Waals surface area contributed by atoms with Crippen LogP contribution in [-0.4, -0.2) is 4.92 Å². The van der Waals surface area contributed by atoms with E-state index in [-0.39, 0.29) is 6.61 Å². The smallest absolute Gasteiger partial charge is 0.307 e. The number of nitro benzene ring substituents is 1. The molecule has 2 rings (SSSR count). The Morgan fingerprint density at radius 2 is 1.81 bits per heavy atom. The van der Waals surface area contributed by atoms with E-state index in [1.165, 1.54) is 12.1 Å². The molecule has 4 nitrogen and oxygen atoms in total. The first-order valence-electron chi connectivity index (χ1n) is 5.58. The maximum atomic E-state index is 13.6. The predicted octanol–water partition coefficient (Wildman–Crippen LogP) is 4.35. The third-order valence-electron chi connectivity index (χ3n) is 2.51. The van der Waals surface area contributed by atoms with Crippen molar-refractivity contribution in [2.24, 2.45) is 0 Å². The van der Waals surface area contributed by atoms with E-state index in [0.717, 1.165) is 0 Å².